The van der Waals surface area contributed by atoms with Gasteiger partial charge in [-0.3, -0.25) is 0 Å². The maximum Gasteiger partial charge on any atom is 0.222 e. The van der Waals surface area contributed by atoms with E-state index >= 15 is 0 Å². The van der Waals surface area contributed by atoms with E-state index in [1.807, 2.05) is 13.2 Å². The number of hydrogen-bond donors (Lipinski definition) is 0. The van der Waals surface area contributed by atoms with Crippen molar-refractivity contribution in [1.29, 1.82) is 0 Å². The van der Waals surface area contributed by atoms with Gasteiger partial charge in [0.2, 0.25) is 5.72 Å². The molecule has 0 bridgehead atoms. The predicted molar refractivity (Wildman–Crippen MR) is 129 cm³/mol. The molecule has 0 aromatic heterocycles. The number of amidine groups is 1. The van der Waals surface area contributed by atoms with Gasteiger partial charge in [-0.2, -0.15) is 0 Å². The molecule has 2 atom stereocenters. The topological polar surface area (TPSA) is 37.3 Å². The molecule has 5 nitrogen and oxygen atoms in total. The standard InChI is InChI=1S/C27H37N3O2/c1-5-27(6-2,31-4)24-18-13-21-29(24)30-25(23-16-11-8-12-17-23)28-32-26(30,3)20-19-22-14-9-7-10-15-22/h7-12,14-17,24H,5-6,13,18-21H2,1-4H3/t24-,26-/m0/s1. The van der Waals surface area contributed by atoms with Crippen LogP contribution in [0.4, 0.5) is 0 Å². The highest BCUT2D eigenvalue weighted by atomic mass is 16.7. The van der Waals surface area contributed by atoms with E-state index in [4.69, 9.17) is 9.57 Å². The molecule has 0 radical (unpaired) electrons. The van der Waals surface area contributed by atoms with Crippen LogP contribution >= 0.6 is 0 Å². The lowest BCUT2D eigenvalue weighted by Crippen LogP contribution is -2.62. The number of aryl methyl sites for hydroxylation is 1. The number of benzene rings is 2. The van der Waals surface area contributed by atoms with Crippen LogP contribution in [0.25, 0.3) is 0 Å². The summed E-state index contributed by atoms with van der Waals surface area (Å²) in [6.07, 6.45) is 5.99. The molecule has 172 valence electrons. The molecule has 0 amide bonds. The second-order valence-electron chi connectivity index (χ2n) is 9.14. The fourth-order valence-corrected chi connectivity index (χ4v) is 5.44. The van der Waals surface area contributed by atoms with Gasteiger partial charge in [0.15, 0.2) is 5.84 Å². The van der Waals surface area contributed by atoms with E-state index < -0.39 is 5.72 Å². The Bertz CT molecular complexity index is 889. The molecule has 5 heteroatoms. The van der Waals surface area contributed by atoms with Crippen LogP contribution < -0.4 is 0 Å². The highest BCUT2D eigenvalue weighted by Gasteiger charge is 2.52. The molecule has 4 rings (SSSR count). The number of ether oxygens (including phenoxy) is 1. The quantitative estimate of drug-likeness (QED) is 0.513. The van der Waals surface area contributed by atoms with E-state index in [-0.39, 0.29) is 11.6 Å². The summed E-state index contributed by atoms with van der Waals surface area (Å²) >= 11 is 0. The van der Waals surface area contributed by atoms with Gasteiger partial charge >= 0.3 is 0 Å². The highest BCUT2D eigenvalue weighted by Crippen LogP contribution is 2.41. The lowest BCUT2D eigenvalue weighted by atomic mass is 9.87. The first kappa shape index (κ1) is 22.8. The SMILES string of the molecule is CCC(CC)(OC)[C@@H]1CCCN1N1C(c2ccccc2)=NO[C@@]1(C)CCc1ccccc1. The second-order valence-corrected chi connectivity index (χ2v) is 9.14. The van der Waals surface area contributed by atoms with Gasteiger partial charge in [-0.25, -0.2) is 10.0 Å². The minimum absolute atomic E-state index is 0.179. The number of nitrogens with zero attached hydrogens (tertiary/aromatic N) is 3. The molecule has 0 unspecified atom stereocenters. The predicted octanol–water partition coefficient (Wildman–Crippen LogP) is 5.61. The van der Waals surface area contributed by atoms with Crippen LogP contribution in [0.5, 0.6) is 0 Å². The van der Waals surface area contributed by atoms with Crippen molar-refractivity contribution in [3.63, 3.8) is 0 Å². The van der Waals surface area contributed by atoms with E-state index in [9.17, 15) is 0 Å². The average molecular weight is 436 g/mol. The van der Waals surface area contributed by atoms with Crippen molar-refractivity contribution < 1.29 is 9.57 Å². The molecule has 0 N–H and O–H groups in total. The third kappa shape index (κ3) is 4.16. The monoisotopic (exact) mass is 435 g/mol. The molecule has 2 aromatic rings. The molecular weight excluding hydrogens is 398 g/mol. The molecule has 1 fully saturated rings. The molecule has 2 heterocycles. The first-order valence-electron chi connectivity index (χ1n) is 12.0. The number of methoxy groups -OCH3 is 1. The van der Waals surface area contributed by atoms with Gasteiger partial charge in [0.1, 0.15) is 0 Å². The van der Waals surface area contributed by atoms with Gasteiger partial charge in [-0.1, -0.05) is 79.7 Å². The van der Waals surface area contributed by atoms with Crippen molar-refractivity contribution in [3.05, 3.63) is 71.8 Å². The average Bonchev–Trinajstić information content (AvgIpc) is 3.46. The van der Waals surface area contributed by atoms with Crippen LogP contribution in [0, 0.1) is 0 Å². The van der Waals surface area contributed by atoms with Crippen LogP contribution in [-0.2, 0) is 16.0 Å². The van der Waals surface area contributed by atoms with Crippen LogP contribution in [0.2, 0.25) is 0 Å². The van der Waals surface area contributed by atoms with Crippen molar-refractivity contribution in [2.24, 2.45) is 5.16 Å². The molecular formula is C27H37N3O2. The summed E-state index contributed by atoms with van der Waals surface area (Å²) in [5, 5.41) is 9.50. The van der Waals surface area contributed by atoms with Gasteiger partial charge in [-0.15, -0.1) is 0 Å². The summed E-state index contributed by atoms with van der Waals surface area (Å²) in [7, 11) is 1.87. The van der Waals surface area contributed by atoms with Crippen molar-refractivity contribution >= 4 is 5.84 Å². The zero-order chi connectivity index (χ0) is 22.6. The fourth-order valence-electron chi connectivity index (χ4n) is 5.44. The van der Waals surface area contributed by atoms with Crippen LogP contribution in [0.1, 0.15) is 64.0 Å². The van der Waals surface area contributed by atoms with Crippen molar-refractivity contribution in [1.82, 2.24) is 10.0 Å². The maximum absolute atomic E-state index is 6.25. The van der Waals surface area contributed by atoms with Crippen LogP contribution in [0.15, 0.2) is 65.8 Å². The molecule has 2 aliphatic heterocycles. The maximum atomic E-state index is 6.25. The number of oxime groups is 1. The zero-order valence-electron chi connectivity index (χ0n) is 20.0. The number of rotatable bonds is 9. The number of hydrazine groups is 1. The molecule has 2 aromatic carbocycles. The molecule has 0 spiro atoms. The fraction of sp³-hybridized carbons (Fsp3) is 0.519. The first-order valence-corrected chi connectivity index (χ1v) is 12.0. The highest BCUT2D eigenvalue weighted by molar-refractivity contribution is 5.99. The number of hydrogen-bond acceptors (Lipinski definition) is 5. The van der Waals surface area contributed by atoms with E-state index in [1.54, 1.807) is 0 Å². The molecule has 2 aliphatic rings. The van der Waals surface area contributed by atoms with E-state index in [0.717, 1.165) is 56.5 Å². The Morgan fingerprint density at radius 2 is 1.72 bits per heavy atom. The molecule has 0 saturated carbocycles. The first-order chi connectivity index (χ1) is 15.6. The minimum Gasteiger partial charge on any atom is -0.377 e. The zero-order valence-corrected chi connectivity index (χ0v) is 20.0. The van der Waals surface area contributed by atoms with Crippen molar-refractivity contribution in [3.8, 4) is 0 Å². The lowest BCUT2D eigenvalue weighted by molar-refractivity contribution is -0.198. The van der Waals surface area contributed by atoms with E-state index in [0.29, 0.717) is 0 Å². The van der Waals surface area contributed by atoms with Crippen LogP contribution in [0.3, 0.4) is 0 Å². The van der Waals surface area contributed by atoms with Gasteiger partial charge < -0.3 is 9.57 Å². The second kappa shape index (κ2) is 9.63. The Kier molecular flexibility index (Phi) is 6.87. The summed E-state index contributed by atoms with van der Waals surface area (Å²) in [6.45, 7) is 7.64. The Labute approximate surface area is 193 Å². The van der Waals surface area contributed by atoms with E-state index in [1.165, 1.54) is 5.56 Å². The normalized spacial score (nSPS) is 23.9. The Morgan fingerprint density at radius 3 is 2.34 bits per heavy atom. The van der Waals surface area contributed by atoms with Gasteiger partial charge in [-0.05, 0) is 44.6 Å². The van der Waals surface area contributed by atoms with Crippen LogP contribution in [-0.4, -0.2) is 46.9 Å². The molecule has 0 aliphatic carbocycles. The Balaban J connectivity index is 1.69. The van der Waals surface area contributed by atoms with E-state index in [2.05, 4.69) is 90.5 Å². The largest absolute Gasteiger partial charge is 0.377 e. The van der Waals surface area contributed by atoms with Gasteiger partial charge in [0.25, 0.3) is 0 Å². The van der Waals surface area contributed by atoms with Gasteiger partial charge in [0.05, 0.1) is 11.6 Å². The van der Waals surface area contributed by atoms with Crippen molar-refractivity contribution in [2.75, 3.05) is 13.7 Å². The molecule has 32 heavy (non-hydrogen) atoms. The third-order valence-electron chi connectivity index (χ3n) is 7.42. The Hall–Kier alpha value is -2.37. The smallest absolute Gasteiger partial charge is 0.222 e. The van der Waals surface area contributed by atoms with Gasteiger partial charge in [0, 0.05) is 25.6 Å². The lowest BCUT2D eigenvalue weighted by Gasteiger charge is -2.48. The molecule has 1 saturated heterocycles. The summed E-state index contributed by atoms with van der Waals surface area (Å²) in [5.41, 5.74) is 1.67. The summed E-state index contributed by atoms with van der Waals surface area (Å²) < 4.78 is 6.20. The minimum atomic E-state index is -0.551. The summed E-state index contributed by atoms with van der Waals surface area (Å²) in [5.74, 6) is 0.894. The summed E-state index contributed by atoms with van der Waals surface area (Å²) in [4.78, 5) is 6.25. The van der Waals surface area contributed by atoms with Crippen molar-refractivity contribution in [2.45, 2.75) is 76.7 Å². The Morgan fingerprint density at radius 1 is 1.06 bits per heavy atom. The third-order valence-corrected chi connectivity index (χ3v) is 7.42. The summed E-state index contributed by atoms with van der Waals surface area (Å²) in [6, 6.07) is 21.3.